The Kier molecular flexibility index (Phi) is 2.94. The first-order valence-corrected chi connectivity index (χ1v) is 6.56. The topological polar surface area (TPSA) is 66.1 Å². The zero-order valence-corrected chi connectivity index (χ0v) is 11.5. The van der Waals surface area contributed by atoms with E-state index in [1.54, 1.807) is 6.20 Å². The molecule has 1 aliphatic rings. The summed E-state index contributed by atoms with van der Waals surface area (Å²) in [5.41, 5.74) is 1.73. The van der Waals surface area contributed by atoms with Crippen molar-refractivity contribution in [2.45, 2.75) is 6.42 Å². The van der Waals surface area contributed by atoms with Crippen molar-refractivity contribution in [2.75, 3.05) is 11.4 Å². The number of hydrogen-bond donors (Lipinski definition) is 1. The molecule has 1 N–H and O–H groups in total. The standard InChI is InChI=1S/C13H10BrN3O2/c14-11-4-2-1-3-9(11)10-6-15-16-13(10)17-7-8(18)5-12(17)19/h1-4,6H,5,7H2,(H,15,16). The largest absolute Gasteiger partial charge is 0.297 e. The summed E-state index contributed by atoms with van der Waals surface area (Å²) in [7, 11) is 0. The Morgan fingerprint density at radius 2 is 2.00 bits per heavy atom. The average molecular weight is 320 g/mol. The van der Waals surface area contributed by atoms with Crippen LogP contribution in [0.2, 0.25) is 0 Å². The van der Waals surface area contributed by atoms with E-state index in [-0.39, 0.29) is 24.7 Å². The highest BCUT2D eigenvalue weighted by Crippen LogP contribution is 2.34. The number of benzene rings is 1. The molecule has 6 heteroatoms. The molecule has 3 rings (SSSR count). The lowest BCUT2D eigenvalue weighted by Crippen LogP contribution is -2.25. The molecule has 1 aliphatic heterocycles. The zero-order chi connectivity index (χ0) is 13.4. The van der Waals surface area contributed by atoms with E-state index in [1.165, 1.54) is 4.90 Å². The van der Waals surface area contributed by atoms with Gasteiger partial charge in [-0.15, -0.1) is 0 Å². The second-order valence-electron chi connectivity index (χ2n) is 4.31. The summed E-state index contributed by atoms with van der Waals surface area (Å²) >= 11 is 3.48. The number of carbonyl (C=O) groups excluding carboxylic acids is 2. The molecule has 0 radical (unpaired) electrons. The first-order chi connectivity index (χ1) is 9.16. The molecule has 19 heavy (non-hydrogen) atoms. The fraction of sp³-hybridized carbons (Fsp3) is 0.154. The quantitative estimate of drug-likeness (QED) is 0.862. The number of nitrogens with one attached hydrogen (secondary N) is 1. The fourth-order valence-electron chi connectivity index (χ4n) is 2.15. The van der Waals surface area contributed by atoms with Crippen molar-refractivity contribution in [1.29, 1.82) is 0 Å². The van der Waals surface area contributed by atoms with Gasteiger partial charge in [0, 0.05) is 15.6 Å². The van der Waals surface area contributed by atoms with E-state index in [1.807, 2.05) is 24.3 Å². The monoisotopic (exact) mass is 319 g/mol. The van der Waals surface area contributed by atoms with Gasteiger partial charge in [0.2, 0.25) is 5.91 Å². The van der Waals surface area contributed by atoms with Crippen LogP contribution < -0.4 is 4.90 Å². The van der Waals surface area contributed by atoms with Crippen molar-refractivity contribution < 1.29 is 9.59 Å². The predicted molar refractivity (Wildman–Crippen MR) is 73.7 cm³/mol. The minimum Gasteiger partial charge on any atom is -0.297 e. The third-order valence-corrected chi connectivity index (χ3v) is 3.73. The second kappa shape index (κ2) is 4.62. The van der Waals surface area contributed by atoms with Gasteiger partial charge in [-0.1, -0.05) is 34.1 Å². The van der Waals surface area contributed by atoms with Crippen molar-refractivity contribution in [1.82, 2.24) is 10.2 Å². The van der Waals surface area contributed by atoms with Crippen LogP contribution in [-0.4, -0.2) is 28.4 Å². The molecule has 2 heterocycles. The van der Waals surface area contributed by atoms with E-state index in [0.29, 0.717) is 5.82 Å². The second-order valence-corrected chi connectivity index (χ2v) is 5.16. The minimum absolute atomic E-state index is 0.0333. The van der Waals surface area contributed by atoms with Gasteiger partial charge in [0.25, 0.3) is 0 Å². The van der Waals surface area contributed by atoms with Crippen LogP contribution >= 0.6 is 15.9 Å². The molecule has 0 saturated carbocycles. The molecule has 1 aromatic carbocycles. The zero-order valence-electron chi connectivity index (χ0n) is 9.89. The number of rotatable bonds is 2. The van der Waals surface area contributed by atoms with E-state index in [2.05, 4.69) is 26.1 Å². The highest BCUT2D eigenvalue weighted by molar-refractivity contribution is 9.10. The lowest BCUT2D eigenvalue weighted by atomic mass is 10.1. The SMILES string of the molecule is O=C1CC(=O)N(c2[nH]ncc2-c2ccccc2Br)C1. The van der Waals surface area contributed by atoms with Gasteiger partial charge < -0.3 is 0 Å². The summed E-state index contributed by atoms with van der Waals surface area (Å²) < 4.78 is 0.913. The van der Waals surface area contributed by atoms with Gasteiger partial charge in [-0.25, -0.2) is 0 Å². The number of Topliss-reactive ketones (excluding diaryl/α,β-unsaturated/α-hetero) is 1. The summed E-state index contributed by atoms with van der Waals surface area (Å²) in [4.78, 5) is 24.6. The molecule has 96 valence electrons. The van der Waals surface area contributed by atoms with E-state index in [0.717, 1.165) is 15.6 Å². The molecular weight excluding hydrogens is 310 g/mol. The Morgan fingerprint density at radius 3 is 2.68 bits per heavy atom. The molecule has 0 spiro atoms. The molecule has 5 nitrogen and oxygen atoms in total. The Hall–Kier alpha value is -1.95. The summed E-state index contributed by atoms with van der Waals surface area (Å²) in [6.07, 6.45) is 1.62. The molecule has 1 fully saturated rings. The van der Waals surface area contributed by atoms with E-state index < -0.39 is 0 Å². The minimum atomic E-state index is -0.192. The van der Waals surface area contributed by atoms with Crippen LogP contribution in [0.15, 0.2) is 34.9 Å². The Bertz CT molecular complexity index is 665. The van der Waals surface area contributed by atoms with E-state index in [4.69, 9.17) is 0 Å². The van der Waals surface area contributed by atoms with Crippen LogP contribution in [0, 0.1) is 0 Å². The number of halogens is 1. The Labute approximate surface area is 117 Å². The first kappa shape index (κ1) is 12.1. The Balaban J connectivity index is 2.07. The van der Waals surface area contributed by atoms with Crippen molar-refractivity contribution in [3.8, 4) is 11.1 Å². The van der Waals surface area contributed by atoms with Gasteiger partial charge in [0.15, 0.2) is 5.78 Å². The van der Waals surface area contributed by atoms with Crippen LogP contribution in [0.1, 0.15) is 6.42 Å². The maximum absolute atomic E-state index is 11.8. The van der Waals surface area contributed by atoms with Crippen LogP contribution in [-0.2, 0) is 9.59 Å². The van der Waals surface area contributed by atoms with Gasteiger partial charge in [0.05, 0.1) is 19.2 Å². The number of aromatic nitrogens is 2. The molecule has 0 atom stereocenters. The number of aromatic amines is 1. The van der Waals surface area contributed by atoms with Crippen LogP contribution in [0.3, 0.4) is 0 Å². The molecule has 2 aromatic rings. The number of carbonyl (C=O) groups is 2. The lowest BCUT2D eigenvalue weighted by molar-refractivity contribution is -0.121. The highest BCUT2D eigenvalue weighted by atomic mass is 79.9. The van der Waals surface area contributed by atoms with E-state index >= 15 is 0 Å². The van der Waals surface area contributed by atoms with Gasteiger partial charge in [-0.05, 0) is 6.07 Å². The third kappa shape index (κ3) is 2.08. The van der Waals surface area contributed by atoms with Gasteiger partial charge in [-0.2, -0.15) is 5.10 Å². The molecule has 0 unspecified atom stereocenters. The van der Waals surface area contributed by atoms with E-state index in [9.17, 15) is 9.59 Å². The molecular formula is C13H10BrN3O2. The normalized spacial score (nSPS) is 15.3. The smallest absolute Gasteiger partial charge is 0.236 e. The van der Waals surface area contributed by atoms with Crippen LogP contribution in [0.4, 0.5) is 5.82 Å². The summed E-state index contributed by atoms with van der Waals surface area (Å²) in [6.45, 7) is 0.110. The van der Waals surface area contributed by atoms with Gasteiger partial charge in [0.1, 0.15) is 5.82 Å². The molecule has 0 bridgehead atoms. The number of anilines is 1. The predicted octanol–water partition coefficient (Wildman–Crippen LogP) is 2.14. The first-order valence-electron chi connectivity index (χ1n) is 5.77. The van der Waals surface area contributed by atoms with Crippen molar-refractivity contribution in [2.24, 2.45) is 0 Å². The average Bonchev–Trinajstić information content (AvgIpc) is 2.96. The van der Waals surface area contributed by atoms with Gasteiger partial charge in [-0.3, -0.25) is 19.6 Å². The van der Waals surface area contributed by atoms with Crippen molar-refractivity contribution in [3.05, 3.63) is 34.9 Å². The highest BCUT2D eigenvalue weighted by Gasteiger charge is 2.31. The lowest BCUT2D eigenvalue weighted by Gasteiger charge is -2.14. The Morgan fingerprint density at radius 1 is 1.21 bits per heavy atom. The number of nitrogens with zero attached hydrogens (tertiary/aromatic N) is 2. The van der Waals surface area contributed by atoms with Crippen LogP contribution in [0.25, 0.3) is 11.1 Å². The molecule has 1 amide bonds. The number of ketones is 1. The fourth-order valence-corrected chi connectivity index (χ4v) is 2.65. The number of H-pyrrole nitrogens is 1. The van der Waals surface area contributed by atoms with Crippen molar-refractivity contribution >= 4 is 33.4 Å². The summed E-state index contributed by atoms with van der Waals surface area (Å²) in [5.74, 6) is 0.308. The molecule has 1 aromatic heterocycles. The van der Waals surface area contributed by atoms with Crippen molar-refractivity contribution in [3.63, 3.8) is 0 Å². The summed E-state index contributed by atoms with van der Waals surface area (Å²) in [6, 6.07) is 7.68. The number of amides is 1. The molecule has 0 aliphatic carbocycles. The number of hydrogen-bond acceptors (Lipinski definition) is 3. The van der Waals surface area contributed by atoms with Crippen LogP contribution in [0.5, 0.6) is 0 Å². The van der Waals surface area contributed by atoms with Gasteiger partial charge >= 0.3 is 0 Å². The maximum Gasteiger partial charge on any atom is 0.236 e. The molecule has 1 saturated heterocycles. The third-order valence-electron chi connectivity index (χ3n) is 3.04. The maximum atomic E-state index is 11.8. The summed E-state index contributed by atoms with van der Waals surface area (Å²) in [5, 5.41) is 6.80.